The normalized spacial score (nSPS) is 19.9. The first-order valence-corrected chi connectivity index (χ1v) is 7.40. The molecule has 0 aliphatic carbocycles. The van der Waals surface area contributed by atoms with Crippen LogP contribution in [0.1, 0.15) is 37.8 Å². The molecule has 110 valence electrons. The van der Waals surface area contributed by atoms with Gasteiger partial charge >= 0.3 is 0 Å². The van der Waals surface area contributed by atoms with Gasteiger partial charge in [0.05, 0.1) is 11.1 Å². The zero-order valence-electron chi connectivity index (χ0n) is 11.2. The van der Waals surface area contributed by atoms with Gasteiger partial charge in [-0.2, -0.15) is 0 Å². The minimum absolute atomic E-state index is 0.0377. The Morgan fingerprint density at radius 3 is 2.95 bits per heavy atom. The Morgan fingerprint density at radius 2 is 2.30 bits per heavy atom. The van der Waals surface area contributed by atoms with E-state index >= 15 is 0 Å². The fraction of sp³-hybridized carbons (Fsp3) is 0.500. The summed E-state index contributed by atoms with van der Waals surface area (Å²) in [6, 6.07) is 2.45. The number of carbonyl (C=O) groups excluding carboxylic acids is 1. The quantitative estimate of drug-likeness (QED) is 0.835. The average Bonchev–Trinajstić information content (AvgIpc) is 2.87. The maximum Gasteiger partial charge on any atom is 0.222 e. The number of rotatable bonds is 4. The van der Waals surface area contributed by atoms with Crippen LogP contribution >= 0.6 is 23.2 Å². The van der Waals surface area contributed by atoms with Crippen LogP contribution in [-0.4, -0.2) is 18.5 Å². The number of amides is 1. The molecule has 0 bridgehead atoms. The summed E-state index contributed by atoms with van der Waals surface area (Å²) in [5.41, 5.74) is 0.418. The van der Waals surface area contributed by atoms with Crippen LogP contribution in [0.2, 0.25) is 10.0 Å². The first kappa shape index (κ1) is 15.5. The fourth-order valence-corrected chi connectivity index (χ4v) is 3.16. The molecular formula is C14H17Cl2FN2O. The van der Waals surface area contributed by atoms with Gasteiger partial charge in [0.2, 0.25) is 5.91 Å². The molecule has 0 radical (unpaired) electrons. The van der Waals surface area contributed by atoms with E-state index in [0.29, 0.717) is 17.0 Å². The Labute approximate surface area is 127 Å². The molecule has 1 heterocycles. The van der Waals surface area contributed by atoms with Crippen molar-refractivity contribution in [2.24, 2.45) is 0 Å². The molecule has 0 spiro atoms. The van der Waals surface area contributed by atoms with Gasteiger partial charge in [-0.15, -0.1) is 0 Å². The van der Waals surface area contributed by atoms with Crippen LogP contribution in [-0.2, 0) is 4.79 Å². The highest BCUT2D eigenvalue weighted by atomic mass is 35.5. The number of hydrogen-bond donors (Lipinski definition) is 2. The van der Waals surface area contributed by atoms with Crippen molar-refractivity contribution in [3.8, 4) is 0 Å². The maximum atomic E-state index is 13.5. The van der Waals surface area contributed by atoms with Crippen molar-refractivity contribution in [2.75, 3.05) is 6.54 Å². The van der Waals surface area contributed by atoms with E-state index in [-0.39, 0.29) is 17.0 Å². The lowest BCUT2D eigenvalue weighted by molar-refractivity contribution is -0.122. The van der Waals surface area contributed by atoms with E-state index in [1.54, 1.807) is 6.92 Å². The van der Waals surface area contributed by atoms with Crippen LogP contribution in [0.3, 0.4) is 0 Å². The second-order valence-corrected chi connectivity index (χ2v) is 5.83. The lowest BCUT2D eigenvalue weighted by atomic mass is 10.1. The smallest absolute Gasteiger partial charge is 0.222 e. The summed E-state index contributed by atoms with van der Waals surface area (Å²) >= 11 is 12.0. The standard InChI is InChI=1S/C14H17Cl2FN2O/c1-8(13-10(15)4-5-11(17)14(13)16)19-12(20)7-9-3-2-6-18-9/h4-5,8-9,18H,2-3,6-7H2,1H3,(H,19,20). The number of benzene rings is 1. The summed E-state index contributed by atoms with van der Waals surface area (Å²) in [6.07, 6.45) is 2.51. The summed E-state index contributed by atoms with van der Waals surface area (Å²) < 4.78 is 13.5. The van der Waals surface area contributed by atoms with E-state index in [2.05, 4.69) is 10.6 Å². The number of hydrogen-bond acceptors (Lipinski definition) is 2. The van der Waals surface area contributed by atoms with Gasteiger partial charge in [-0.1, -0.05) is 23.2 Å². The molecule has 1 amide bonds. The second-order valence-electron chi connectivity index (χ2n) is 5.04. The third kappa shape index (κ3) is 3.62. The summed E-state index contributed by atoms with van der Waals surface area (Å²) in [7, 11) is 0. The monoisotopic (exact) mass is 318 g/mol. The van der Waals surface area contributed by atoms with Crippen LogP contribution in [0.25, 0.3) is 0 Å². The highest BCUT2D eigenvalue weighted by molar-refractivity contribution is 6.36. The van der Waals surface area contributed by atoms with E-state index in [1.165, 1.54) is 12.1 Å². The summed E-state index contributed by atoms with van der Waals surface area (Å²) in [4.78, 5) is 12.0. The first-order chi connectivity index (χ1) is 9.49. The predicted octanol–water partition coefficient (Wildman–Crippen LogP) is 3.45. The molecule has 2 atom stereocenters. The molecule has 3 nitrogen and oxygen atoms in total. The van der Waals surface area contributed by atoms with Crippen molar-refractivity contribution in [2.45, 2.75) is 38.3 Å². The van der Waals surface area contributed by atoms with E-state index in [9.17, 15) is 9.18 Å². The van der Waals surface area contributed by atoms with Crippen LogP contribution in [0.5, 0.6) is 0 Å². The molecule has 1 aliphatic rings. The molecular weight excluding hydrogens is 302 g/mol. The van der Waals surface area contributed by atoms with Crippen molar-refractivity contribution in [3.05, 3.63) is 33.6 Å². The van der Waals surface area contributed by atoms with Crippen LogP contribution < -0.4 is 10.6 Å². The van der Waals surface area contributed by atoms with Crippen LogP contribution in [0, 0.1) is 5.82 Å². The third-order valence-electron chi connectivity index (χ3n) is 3.48. The van der Waals surface area contributed by atoms with E-state index in [1.807, 2.05) is 0 Å². The van der Waals surface area contributed by atoms with Crippen molar-refractivity contribution in [3.63, 3.8) is 0 Å². The first-order valence-electron chi connectivity index (χ1n) is 6.65. The molecule has 1 aliphatic heterocycles. The van der Waals surface area contributed by atoms with E-state index in [4.69, 9.17) is 23.2 Å². The molecule has 1 fully saturated rings. The van der Waals surface area contributed by atoms with E-state index in [0.717, 1.165) is 19.4 Å². The SMILES string of the molecule is CC(NC(=O)CC1CCCN1)c1c(Cl)ccc(F)c1Cl. The van der Waals surface area contributed by atoms with E-state index < -0.39 is 11.9 Å². The van der Waals surface area contributed by atoms with Gasteiger partial charge in [-0.3, -0.25) is 4.79 Å². The van der Waals surface area contributed by atoms with Crippen LogP contribution in [0.15, 0.2) is 12.1 Å². The lowest BCUT2D eigenvalue weighted by Crippen LogP contribution is -2.33. The van der Waals surface area contributed by atoms with Gasteiger partial charge < -0.3 is 10.6 Å². The maximum absolute atomic E-state index is 13.5. The molecule has 2 unspecified atom stereocenters. The predicted molar refractivity (Wildman–Crippen MR) is 78.6 cm³/mol. The summed E-state index contributed by atoms with van der Waals surface area (Å²) in [6.45, 7) is 2.70. The number of nitrogens with one attached hydrogen (secondary N) is 2. The zero-order valence-corrected chi connectivity index (χ0v) is 12.7. The molecule has 2 N–H and O–H groups in total. The molecule has 0 aromatic heterocycles. The molecule has 2 rings (SSSR count). The highest BCUT2D eigenvalue weighted by Gasteiger charge is 2.21. The minimum Gasteiger partial charge on any atom is -0.349 e. The van der Waals surface area contributed by atoms with Gasteiger partial charge in [0.25, 0.3) is 0 Å². The molecule has 1 saturated heterocycles. The largest absolute Gasteiger partial charge is 0.349 e. The number of carbonyl (C=O) groups is 1. The molecule has 20 heavy (non-hydrogen) atoms. The zero-order chi connectivity index (χ0) is 14.7. The second kappa shape index (κ2) is 6.74. The molecule has 1 aromatic carbocycles. The molecule has 6 heteroatoms. The topological polar surface area (TPSA) is 41.1 Å². The van der Waals surface area contributed by atoms with Gasteiger partial charge in [-0.25, -0.2) is 4.39 Å². The van der Waals surface area contributed by atoms with Crippen LogP contribution in [0.4, 0.5) is 4.39 Å². The Hall–Kier alpha value is -0.840. The van der Waals surface area contributed by atoms with Gasteiger partial charge in [-0.05, 0) is 38.4 Å². The van der Waals surface area contributed by atoms with Gasteiger partial charge in [0.15, 0.2) is 0 Å². The van der Waals surface area contributed by atoms with Crippen molar-refractivity contribution >= 4 is 29.1 Å². The Balaban J connectivity index is 2.02. The Morgan fingerprint density at radius 1 is 1.55 bits per heavy atom. The van der Waals surface area contributed by atoms with Crippen molar-refractivity contribution in [1.82, 2.24) is 10.6 Å². The molecule has 0 saturated carbocycles. The molecule has 1 aromatic rings. The lowest BCUT2D eigenvalue weighted by Gasteiger charge is -2.19. The average molecular weight is 319 g/mol. The minimum atomic E-state index is -0.537. The fourth-order valence-electron chi connectivity index (χ4n) is 2.47. The Bertz CT molecular complexity index is 504. The van der Waals surface area contributed by atoms with Gasteiger partial charge in [0.1, 0.15) is 5.82 Å². The number of halogens is 3. The third-order valence-corrected chi connectivity index (χ3v) is 4.20. The summed E-state index contributed by atoms with van der Waals surface area (Å²) in [5.74, 6) is -0.627. The highest BCUT2D eigenvalue weighted by Crippen LogP contribution is 2.32. The Kier molecular flexibility index (Phi) is 5.24. The van der Waals surface area contributed by atoms with Gasteiger partial charge in [0, 0.05) is 23.0 Å². The van der Waals surface area contributed by atoms with Crippen molar-refractivity contribution < 1.29 is 9.18 Å². The van der Waals surface area contributed by atoms with Crippen molar-refractivity contribution in [1.29, 1.82) is 0 Å². The summed E-state index contributed by atoms with van der Waals surface area (Å²) in [5, 5.41) is 6.39.